The van der Waals surface area contributed by atoms with E-state index in [-0.39, 0.29) is 37.3 Å². The van der Waals surface area contributed by atoms with Crippen LogP contribution in [0.1, 0.15) is 79.0 Å². The first-order valence-electron chi connectivity index (χ1n) is 23.5. The molecule has 0 N–H and O–H groups in total. The Morgan fingerprint density at radius 3 is 1.77 bits per heavy atom. The summed E-state index contributed by atoms with van der Waals surface area (Å²) < 4.78 is 12.8. The van der Waals surface area contributed by atoms with Crippen molar-refractivity contribution < 1.29 is 25.8 Å². The number of pyridine rings is 1. The summed E-state index contributed by atoms with van der Waals surface area (Å²) in [6.45, 7) is 22.8. The molecule has 0 fully saturated rings. The molecule has 7 aromatic carbocycles. The number of hydrogen-bond donors (Lipinski definition) is 0. The van der Waals surface area contributed by atoms with Crippen LogP contribution < -0.4 is 14.5 Å². The van der Waals surface area contributed by atoms with Crippen molar-refractivity contribution in [3.63, 3.8) is 0 Å². The molecule has 10 aromatic rings. The molecule has 0 spiro atoms. The van der Waals surface area contributed by atoms with Crippen LogP contribution in [-0.4, -0.2) is 30.0 Å². The van der Waals surface area contributed by atoms with Crippen LogP contribution in [0, 0.1) is 18.8 Å². The fourth-order valence-electron chi connectivity index (χ4n) is 9.59. The number of hydrogen-bond acceptors (Lipinski definition) is 4. The van der Waals surface area contributed by atoms with E-state index in [1.54, 1.807) is 0 Å². The van der Waals surface area contributed by atoms with Gasteiger partial charge in [0.05, 0.1) is 0 Å². The second-order valence-electron chi connectivity index (χ2n) is 21.1. The van der Waals surface area contributed by atoms with Gasteiger partial charge in [0, 0.05) is 49.3 Å². The van der Waals surface area contributed by atoms with Crippen molar-refractivity contribution in [3.8, 4) is 39.6 Å². The average molecular weight is 1190 g/mol. The Kier molecular flexibility index (Phi) is 12.1. The molecule has 0 bridgehead atoms. The van der Waals surface area contributed by atoms with Gasteiger partial charge in [-0.05, 0) is 46.4 Å². The zero-order chi connectivity index (χ0) is 47.1. The molecule has 0 atom stereocenters. The Morgan fingerprint density at radius 2 is 1.13 bits per heavy atom. The first kappa shape index (κ1) is 46.8. The predicted octanol–water partition coefficient (Wildman–Crippen LogP) is 16.4. The second kappa shape index (κ2) is 17.8. The van der Waals surface area contributed by atoms with Gasteiger partial charge in [-0.2, -0.15) is 0 Å². The molecule has 4 heterocycles. The van der Waals surface area contributed by atoms with Gasteiger partial charge in [0.1, 0.15) is 0 Å². The van der Waals surface area contributed by atoms with Crippen molar-refractivity contribution in [1.29, 1.82) is 0 Å². The van der Waals surface area contributed by atoms with E-state index in [1.807, 2.05) is 6.07 Å². The van der Waals surface area contributed by atoms with Crippen molar-refractivity contribution in [3.05, 3.63) is 197 Å². The topological polar surface area (TPSA) is 33.5 Å². The number of rotatable bonds is 7. The molecule has 1 aliphatic heterocycles. The molecule has 69 heavy (non-hydrogen) atoms. The zero-order valence-electron chi connectivity index (χ0n) is 40.6. The quantitative estimate of drug-likeness (QED) is 0.118. The number of para-hydroxylation sites is 3. The van der Waals surface area contributed by atoms with Crippen LogP contribution in [0.2, 0.25) is 0 Å². The Bertz CT molecular complexity index is 3470. The number of benzene rings is 7. The molecule has 11 rings (SSSR count). The summed E-state index contributed by atoms with van der Waals surface area (Å²) >= 11 is -0.509. The van der Waals surface area contributed by atoms with Crippen LogP contribution in [0.15, 0.2) is 162 Å². The summed E-state index contributed by atoms with van der Waals surface area (Å²) in [6.07, 6.45) is 0. The van der Waals surface area contributed by atoms with E-state index in [2.05, 4.69) is 251 Å². The van der Waals surface area contributed by atoms with Crippen LogP contribution in [0.5, 0.6) is 11.5 Å². The van der Waals surface area contributed by atoms with Crippen LogP contribution in [-0.2, 0) is 37.3 Å². The molecule has 348 valence electrons. The van der Waals surface area contributed by atoms with Gasteiger partial charge >= 0.3 is 213 Å². The van der Waals surface area contributed by atoms with Gasteiger partial charge in [-0.25, -0.2) is 0 Å². The van der Waals surface area contributed by atoms with Crippen LogP contribution >= 0.6 is 0 Å². The average Bonchev–Trinajstić information content (AvgIpc) is 4.05. The van der Waals surface area contributed by atoms with E-state index < -0.39 is 20.4 Å². The first-order chi connectivity index (χ1) is 32.6. The smallest absolute Gasteiger partial charge is 0.472 e. The predicted molar refractivity (Wildman–Crippen MR) is 286 cm³/mol. The molecule has 3 aromatic heterocycles. The zero-order valence-corrected chi connectivity index (χ0v) is 45.2. The fourth-order valence-corrected chi connectivity index (χ4v) is 11.8. The van der Waals surface area contributed by atoms with Crippen LogP contribution in [0.25, 0.3) is 58.8 Å². The van der Waals surface area contributed by atoms with Gasteiger partial charge < -0.3 is 4.90 Å². The minimum absolute atomic E-state index is 0. The molecular weight excluding hydrogens is 1140 g/mol. The summed E-state index contributed by atoms with van der Waals surface area (Å²) in [6, 6.07) is 64.4. The number of ether oxygens (including phenoxy) is 1. The molecule has 5 nitrogen and oxygen atoms in total. The van der Waals surface area contributed by atoms with Gasteiger partial charge in [-0.15, -0.1) is 6.67 Å². The number of aromatic nitrogens is 2. The molecule has 0 unspecified atom stereocenters. The van der Waals surface area contributed by atoms with Gasteiger partial charge in [-0.3, -0.25) is 0 Å². The van der Waals surface area contributed by atoms with Crippen LogP contribution in [0.3, 0.4) is 0 Å². The van der Waals surface area contributed by atoms with Crippen LogP contribution in [0.4, 0.5) is 22.7 Å². The number of anilines is 4. The minimum Gasteiger partial charge on any atom is -0.472 e. The third kappa shape index (κ3) is 8.65. The Balaban J connectivity index is 0.00000553. The summed E-state index contributed by atoms with van der Waals surface area (Å²) in [5, 5.41) is 3.57. The van der Waals surface area contributed by atoms with Gasteiger partial charge in [0.25, 0.3) is 0 Å². The second-order valence-corrected chi connectivity index (χ2v) is 23.6. The Labute approximate surface area is 431 Å². The van der Waals surface area contributed by atoms with E-state index in [0.717, 1.165) is 55.9 Å². The summed E-state index contributed by atoms with van der Waals surface area (Å²) in [5.41, 5.74) is 14.3. The van der Waals surface area contributed by atoms with E-state index in [9.17, 15) is 0 Å². The molecule has 1 aliphatic rings. The molecule has 0 amide bonds. The standard InChI is InChI=1S/C62H55N4OTe.Pt/c1-60(2,3)42-32-44(36-46(33-42)67-45-28-29-48-47-24-16-17-25-53(47)66(56(48)37-45)57-38-52(62(7,8)9)49-30-31-68-59(49)63-57)64-39-65(55-27-19-18-26-54(55)64)58-50(40-20-12-10-13-21-40)34-43(61(4,5)6)35-51(58)41-22-14-11-15-23-41;/h10-35,38-39H,1-9H3;/q-3;. The molecule has 0 saturated carbocycles. The van der Waals surface area contributed by atoms with Crippen molar-refractivity contribution in [2.45, 2.75) is 78.6 Å². The van der Waals surface area contributed by atoms with Crippen molar-refractivity contribution in [1.82, 2.24) is 9.55 Å². The molecule has 0 saturated heterocycles. The molecular formula is C62H55N4OPtTe-3. The normalized spacial score (nSPS) is 13.1. The number of fused-ring (bicyclic) bond motifs is 5. The molecule has 7 heteroatoms. The van der Waals surface area contributed by atoms with E-state index in [0.29, 0.717) is 11.5 Å². The number of nitrogens with zero attached hydrogens (tertiary/aromatic N) is 4. The summed E-state index contributed by atoms with van der Waals surface area (Å²) in [5.74, 6) is 2.17. The summed E-state index contributed by atoms with van der Waals surface area (Å²) in [7, 11) is 0. The Hall–Kier alpha value is -5.89. The van der Waals surface area contributed by atoms with E-state index in [1.165, 1.54) is 42.3 Å². The fraction of sp³-hybridized carbons (Fsp3) is 0.194. The van der Waals surface area contributed by atoms with E-state index >= 15 is 0 Å². The van der Waals surface area contributed by atoms with Crippen molar-refractivity contribution in [2.24, 2.45) is 0 Å². The van der Waals surface area contributed by atoms with Crippen molar-refractivity contribution >= 4 is 73.9 Å². The first-order valence-corrected chi connectivity index (χ1v) is 26.0. The minimum atomic E-state index is -0.509. The maximum absolute atomic E-state index is 6.96. The monoisotopic (exact) mass is 1200 g/mol. The maximum atomic E-state index is 6.96. The SMILES string of the molecule is CC(C)(C)c1cc(Oc2[c-]c3c(cc2)c2ccccc2n3-c2cc(C(C)(C)C)c3cc[te]c3n2)[c-]c(N2[CH-]N(c3c(-c4ccccc4)cc(C(C)(C)C)cc3-c3ccccc3)c3ccccc32)c1.[Pt]. The van der Waals surface area contributed by atoms with Crippen molar-refractivity contribution in [2.75, 3.05) is 9.80 Å². The van der Waals surface area contributed by atoms with Gasteiger partial charge in [0.2, 0.25) is 0 Å². The third-order valence-corrected chi connectivity index (χ3v) is 15.5. The molecule has 0 radical (unpaired) electrons. The van der Waals surface area contributed by atoms with Gasteiger partial charge in [-0.1, -0.05) is 114 Å². The van der Waals surface area contributed by atoms with E-state index in [4.69, 9.17) is 9.72 Å². The molecule has 0 aliphatic carbocycles. The Morgan fingerprint density at radius 1 is 0.536 bits per heavy atom. The summed E-state index contributed by atoms with van der Waals surface area (Å²) in [4.78, 5) is 10.0. The van der Waals surface area contributed by atoms with Gasteiger partial charge in [0.15, 0.2) is 0 Å². The third-order valence-electron chi connectivity index (χ3n) is 13.2.